The monoisotopic (exact) mass is 690 g/mol. The summed E-state index contributed by atoms with van der Waals surface area (Å²) in [5.41, 5.74) is 5.67. The molecule has 12 heteroatoms. The summed E-state index contributed by atoms with van der Waals surface area (Å²) in [7, 11) is -4.20. The van der Waals surface area contributed by atoms with Gasteiger partial charge < -0.3 is 4.74 Å². The Morgan fingerprint density at radius 1 is 1.11 bits per heavy atom. The van der Waals surface area contributed by atoms with Crippen LogP contribution in [0.5, 0.6) is 0 Å². The van der Waals surface area contributed by atoms with Gasteiger partial charge in [-0.15, -0.1) is 22.7 Å². The number of hydrogen-bond donors (Lipinski definition) is 1. The maximum absolute atomic E-state index is 15.0. The topological polar surface area (TPSA) is 117 Å². The molecule has 0 radical (unpaired) electrons. The average Bonchev–Trinajstić information content (AvgIpc) is 3.34. The van der Waals surface area contributed by atoms with E-state index in [9.17, 15) is 13.2 Å². The van der Waals surface area contributed by atoms with Crippen LogP contribution >= 0.6 is 22.7 Å². The van der Waals surface area contributed by atoms with Crippen molar-refractivity contribution in [3.05, 3.63) is 104 Å². The van der Waals surface area contributed by atoms with Gasteiger partial charge in [0.2, 0.25) is 15.2 Å². The Morgan fingerprint density at radius 2 is 1.91 bits per heavy atom. The fourth-order valence-corrected chi connectivity index (χ4v) is 8.71. The van der Waals surface area contributed by atoms with Crippen LogP contribution in [0.4, 0.5) is 4.39 Å². The van der Waals surface area contributed by atoms with Crippen LogP contribution in [0.15, 0.2) is 64.9 Å². The number of primary sulfonamides is 1. The van der Waals surface area contributed by atoms with E-state index in [0.29, 0.717) is 34.9 Å². The van der Waals surface area contributed by atoms with Gasteiger partial charge in [0, 0.05) is 32.7 Å². The lowest BCUT2D eigenvalue weighted by Gasteiger charge is -2.35. The highest BCUT2D eigenvalue weighted by Crippen LogP contribution is 2.49. The Hall–Kier alpha value is -3.71. The van der Waals surface area contributed by atoms with Crippen molar-refractivity contribution in [3.8, 4) is 16.4 Å². The number of carbonyl (C=O) groups is 1. The van der Waals surface area contributed by atoms with E-state index in [0.717, 1.165) is 54.6 Å². The first-order valence-corrected chi connectivity index (χ1v) is 19.0. The zero-order valence-corrected chi connectivity index (χ0v) is 28.6. The van der Waals surface area contributed by atoms with Crippen molar-refractivity contribution in [3.63, 3.8) is 0 Å². The van der Waals surface area contributed by atoms with Crippen LogP contribution in [0.2, 0.25) is 0 Å². The highest BCUT2D eigenvalue weighted by Gasteiger charge is 2.33. The summed E-state index contributed by atoms with van der Waals surface area (Å²) >= 11 is 3.20. The molecule has 2 saturated carbocycles. The minimum absolute atomic E-state index is 0.228. The van der Waals surface area contributed by atoms with Gasteiger partial charge in [-0.2, -0.15) is 5.10 Å². The maximum atomic E-state index is 15.0. The third-order valence-corrected chi connectivity index (χ3v) is 12.0. The second-order valence-corrected chi connectivity index (χ2v) is 16.2. The first-order chi connectivity index (χ1) is 22.6. The number of rotatable bonds is 11. The van der Waals surface area contributed by atoms with Gasteiger partial charge in [0.1, 0.15) is 10.7 Å². The third kappa shape index (κ3) is 6.69. The van der Waals surface area contributed by atoms with Crippen LogP contribution in [0.3, 0.4) is 0 Å². The van der Waals surface area contributed by atoms with E-state index in [1.165, 1.54) is 38.8 Å². The second-order valence-electron chi connectivity index (χ2n) is 12.5. The molecule has 2 fully saturated rings. The van der Waals surface area contributed by atoms with Gasteiger partial charge in [0.25, 0.3) is 0 Å². The molecule has 2 N–H and O–H groups in total. The van der Waals surface area contributed by atoms with E-state index in [1.54, 1.807) is 18.4 Å². The van der Waals surface area contributed by atoms with Gasteiger partial charge in [-0.05, 0) is 105 Å². The number of thiazole rings is 1. The molecule has 0 bridgehead atoms. The number of hydrogen-bond acceptors (Lipinski definition) is 8. The normalized spacial score (nSPS) is 17.9. The standard InChI is InChI=1S/C35H35FN4O4S3/c1-3-44-34(41)29-19-45-35(38-29)40-30(15-21-8-9-21)27(13-22-10-12-32(28(36)14-22)47(37,42)43)33(39-40)24-6-4-5-23(16-24)25-17-26(18-25)31-11-7-20(2)46-31/h4-7,10-12,14,16,19,21,25-26H,3,8-9,13,15,17-18H2,1-2H3,(H2,37,42,43). The molecule has 0 aliphatic heterocycles. The van der Waals surface area contributed by atoms with Gasteiger partial charge in [0.05, 0.1) is 18.0 Å². The van der Waals surface area contributed by atoms with Crippen molar-refractivity contribution in [1.82, 2.24) is 14.8 Å². The van der Waals surface area contributed by atoms with E-state index < -0.39 is 26.7 Å². The molecular formula is C35H35FN4O4S3. The molecule has 0 unspecified atom stereocenters. The van der Waals surface area contributed by atoms with Crippen LogP contribution in [-0.4, -0.2) is 35.8 Å². The smallest absolute Gasteiger partial charge is 0.357 e. The molecule has 3 heterocycles. The minimum atomic E-state index is -4.20. The Labute approximate surface area is 281 Å². The Bertz CT molecular complexity index is 2070. The zero-order valence-electron chi connectivity index (χ0n) is 26.1. The van der Waals surface area contributed by atoms with Crippen molar-refractivity contribution < 1.29 is 22.3 Å². The molecule has 0 spiro atoms. The van der Waals surface area contributed by atoms with Crippen molar-refractivity contribution in [2.75, 3.05) is 6.61 Å². The van der Waals surface area contributed by atoms with Crippen molar-refractivity contribution in [2.45, 2.75) is 69.1 Å². The number of sulfonamides is 1. The first kappa shape index (κ1) is 31.9. The molecule has 2 aliphatic carbocycles. The second kappa shape index (κ2) is 12.7. The molecule has 0 atom stereocenters. The minimum Gasteiger partial charge on any atom is -0.461 e. The molecule has 3 aromatic heterocycles. The number of aromatic nitrogens is 3. The summed E-state index contributed by atoms with van der Waals surface area (Å²) in [5.74, 6) is 0.146. The summed E-state index contributed by atoms with van der Waals surface area (Å²) in [4.78, 5) is 19.3. The molecule has 244 valence electrons. The fourth-order valence-electron chi connectivity index (χ4n) is 6.35. The predicted molar refractivity (Wildman–Crippen MR) is 181 cm³/mol. The van der Waals surface area contributed by atoms with Gasteiger partial charge in [-0.25, -0.2) is 32.4 Å². The predicted octanol–water partition coefficient (Wildman–Crippen LogP) is 7.53. The van der Waals surface area contributed by atoms with Gasteiger partial charge >= 0.3 is 5.97 Å². The Morgan fingerprint density at radius 3 is 2.60 bits per heavy atom. The van der Waals surface area contributed by atoms with Crippen molar-refractivity contribution in [1.29, 1.82) is 0 Å². The first-order valence-electron chi connectivity index (χ1n) is 15.8. The van der Waals surface area contributed by atoms with Crippen molar-refractivity contribution in [2.24, 2.45) is 11.1 Å². The highest BCUT2D eigenvalue weighted by atomic mass is 32.2. The van der Waals surface area contributed by atoms with E-state index in [1.807, 2.05) is 16.0 Å². The quantitative estimate of drug-likeness (QED) is 0.143. The van der Waals surface area contributed by atoms with Crippen LogP contribution in [0.1, 0.15) is 87.1 Å². The van der Waals surface area contributed by atoms with Crippen LogP contribution < -0.4 is 5.14 Å². The summed E-state index contributed by atoms with van der Waals surface area (Å²) in [6, 6.07) is 17.0. The number of esters is 1. The van der Waals surface area contributed by atoms with Crippen LogP contribution in [0.25, 0.3) is 16.4 Å². The number of thiophene rings is 1. The Balaban J connectivity index is 1.29. The molecule has 0 amide bonds. The number of aryl methyl sites for hydroxylation is 1. The molecule has 0 saturated heterocycles. The lowest BCUT2D eigenvalue weighted by molar-refractivity contribution is 0.0520. The summed E-state index contributed by atoms with van der Waals surface area (Å²) in [6.45, 7) is 4.15. The summed E-state index contributed by atoms with van der Waals surface area (Å²) < 4.78 is 45.8. The molecule has 47 heavy (non-hydrogen) atoms. The number of nitrogens with zero attached hydrogens (tertiary/aromatic N) is 3. The van der Waals surface area contributed by atoms with E-state index in [4.69, 9.17) is 15.0 Å². The zero-order chi connectivity index (χ0) is 32.9. The number of halogens is 1. The Kier molecular flexibility index (Phi) is 8.62. The molecule has 8 nitrogen and oxygen atoms in total. The van der Waals surface area contributed by atoms with Crippen LogP contribution in [0, 0.1) is 18.7 Å². The SMILES string of the molecule is CCOC(=O)c1csc(-n2nc(-c3cccc(C4CC(c5ccc(C)s5)C4)c3)c(Cc3ccc(S(N)(=O)=O)c(F)c3)c2CC2CC2)n1. The molecule has 7 rings (SSSR count). The average molecular weight is 691 g/mol. The lowest BCUT2D eigenvalue weighted by Crippen LogP contribution is -2.19. The molecular weight excluding hydrogens is 656 g/mol. The fraction of sp³-hybridized carbons (Fsp3) is 0.343. The molecule has 2 aromatic carbocycles. The highest BCUT2D eigenvalue weighted by molar-refractivity contribution is 7.89. The van der Waals surface area contributed by atoms with E-state index >= 15 is 4.39 Å². The number of carbonyl (C=O) groups excluding carboxylic acids is 1. The van der Waals surface area contributed by atoms with Crippen LogP contribution in [-0.2, 0) is 27.6 Å². The maximum Gasteiger partial charge on any atom is 0.357 e. The molecule has 5 aromatic rings. The molecule has 2 aliphatic rings. The summed E-state index contributed by atoms with van der Waals surface area (Å²) in [6.07, 6.45) is 5.48. The van der Waals surface area contributed by atoms with Crippen molar-refractivity contribution >= 4 is 38.7 Å². The largest absolute Gasteiger partial charge is 0.461 e. The van der Waals surface area contributed by atoms with Gasteiger partial charge in [-0.3, -0.25) is 0 Å². The van der Waals surface area contributed by atoms with Gasteiger partial charge in [0.15, 0.2) is 5.69 Å². The summed E-state index contributed by atoms with van der Waals surface area (Å²) in [5, 5.41) is 12.6. The van der Waals surface area contributed by atoms with E-state index in [2.05, 4.69) is 48.3 Å². The van der Waals surface area contributed by atoms with E-state index in [-0.39, 0.29) is 12.3 Å². The lowest BCUT2D eigenvalue weighted by atomic mass is 9.70. The van der Waals surface area contributed by atoms with Gasteiger partial charge in [-0.1, -0.05) is 24.3 Å². The number of ether oxygens (including phenoxy) is 1. The number of benzene rings is 2. The number of nitrogens with two attached hydrogens (primary N) is 1. The third-order valence-electron chi connectivity index (χ3n) is 9.04.